The third-order valence-electron chi connectivity index (χ3n) is 5.96. The highest BCUT2D eigenvalue weighted by Gasteiger charge is 2.28. The normalized spacial score (nSPS) is 12.3. The van der Waals surface area contributed by atoms with Crippen LogP contribution < -0.4 is 21.3 Å². The minimum Gasteiger partial charge on any atom is -0.464 e. The van der Waals surface area contributed by atoms with Crippen molar-refractivity contribution in [2.45, 2.75) is 34.0 Å². The minimum atomic E-state index is -1.05. The molecular formula is C30H29Br3Cl2N4O6. The monoisotopic (exact) mass is 848 g/mol. The largest absolute Gasteiger partial charge is 0.464 e. The number of halogens is 5. The Morgan fingerprint density at radius 2 is 1.13 bits per heavy atom. The van der Waals surface area contributed by atoms with Gasteiger partial charge in [0.25, 0.3) is 0 Å². The van der Waals surface area contributed by atoms with Crippen molar-refractivity contribution in [1.82, 2.24) is 10.6 Å². The molecule has 3 rings (SSSR count). The molecule has 0 spiro atoms. The van der Waals surface area contributed by atoms with Crippen molar-refractivity contribution in [3.8, 4) is 0 Å². The maximum absolute atomic E-state index is 13.0. The lowest BCUT2D eigenvalue weighted by Gasteiger charge is -2.21. The summed E-state index contributed by atoms with van der Waals surface area (Å²) in [6, 6.07) is 17.4. The number of esters is 2. The number of nitrogens with one attached hydrogen (secondary N) is 4. The van der Waals surface area contributed by atoms with Gasteiger partial charge < -0.3 is 30.7 Å². The number of carbonyl (C=O) groups is 4. The molecule has 2 atom stereocenters. The highest BCUT2D eigenvalue weighted by molar-refractivity contribution is 9.39. The number of urea groups is 2. The molecule has 15 heteroatoms. The summed E-state index contributed by atoms with van der Waals surface area (Å²) < 4.78 is 9.64. The molecule has 4 amide bonds. The fraction of sp³-hybridized carbons (Fsp3) is 0.267. The lowest BCUT2D eigenvalue weighted by molar-refractivity contribution is -0.146. The number of rotatable bonds is 12. The Labute approximate surface area is 295 Å². The lowest BCUT2D eigenvalue weighted by Crippen LogP contribution is -2.46. The van der Waals surface area contributed by atoms with Gasteiger partial charge >= 0.3 is 24.0 Å². The summed E-state index contributed by atoms with van der Waals surface area (Å²) in [6.07, 6.45) is 0.349. The third kappa shape index (κ3) is 12.8. The van der Waals surface area contributed by atoms with Crippen LogP contribution in [0.15, 0.2) is 72.8 Å². The molecule has 0 fully saturated rings. The van der Waals surface area contributed by atoms with Gasteiger partial charge in [0.2, 0.25) is 0 Å². The van der Waals surface area contributed by atoms with E-state index in [2.05, 4.69) is 69.1 Å². The van der Waals surface area contributed by atoms with Crippen molar-refractivity contribution < 1.29 is 28.7 Å². The van der Waals surface area contributed by atoms with Crippen LogP contribution in [0.2, 0.25) is 10.0 Å². The van der Waals surface area contributed by atoms with Crippen LogP contribution in [0.1, 0.15) is 18.1 Å². The number of benzene rings is 3. The number of alkyl halides is 3. The maximum atomic E-state index is 13.0. The molecule has 0 unspecified atom stereocenters. The Kier molecular flexibility index (Phi) is 14.4. The Morgan fingerprint density at radius 3 is 1.53 bits per heavy atom. The first-order valence-electron chi connectivity index (χ1n) is 13.5. The molecule has 0 heterocycles. The number of amides is 4. The smallest absolute Gasteiger partial charge is 0.329 e. The third-order valence-corrected chi connectivity index (χ3v) is 7.27. The predicted molar refractivity (Wildman–Crippen MR) is 186 cm³/mol. The molecule has 10 nitrogen and oxygen atoms in total. The van der Waals surface area contributed by atoms with Gasteiger partial charge in [-0.05, 0) is 30.2 Å². The molecule has 4 N–H and O–H groups in total. The van der Waals surface area contributed by atoms with E-state index in [-0.39, 0.29) is 47.5 Å². The van der Waals surface area contributed by atoms with E-state index in [1.165, 1.54) is 12.1 Å². The zero-order chi connectivity index (χ0) is 33.0. The van der Waals surface area contributed by atoms with Crippen molar-refractivity contribution in [3.05, 3.63) is 94.0 Å². The van der Waals surface area contributed by atoms with E-state index in [9.17, 15) is 19.2 Å². The molecule has 3 aromatic rings. The zero-order valence-electron chi connectivity index (χ0n) is 23.8. The van der Waals surface area contributed by atoms with Gasteiger partial charge in [-0.15, -0.1) is 0 Å². The summed E-state index contributed by atoms with van der Waals surface area (Å²) in [7, 11) is 0. The Morgan fingerprint density at radius 1 is 0.711 bits per heavy atom. The van der Waals surface area contributed by atoms with Crippen LogP contribution in [0.4, 0.5) is 21.0 Å². The van der Waals surface area contributed by atoms with Crippen LogP contribution in [0.25, 0.3) is 0 Å². The number of ether oxygens (including phenoxy) is 2. The van der Waals surface area contributed by atoms with Gasteiger partial charge in [-0.2, -0.15) is 0 Å². The molecule has 0 aliphatic carbocycles. The molecule has 45 heavy (non-hydrogen) atoms. The number of anilines is 2. The van der Waals surface area contributed by atoms with Crippen molar-refractivity contribution in [2.24, 2.45) is 0 Å². The second kappa shape index (κ2) is 17.7. The average Bonchev–Trinajstić information content (AvgIpc) is 2.98. The van der Waals surface area contributed by atoms with E-state index >= 15 is 0 Å². The van der Waals surface area contributed by atoms with Crippen LogP contribution in [0.5, 0.6) is 0 Å². The molecule has 0 saturated carbocycles. The predicted octanol–water partition coefficient (Wildman–Crippen LogP) is 7.40. The summed E-state index contributed by atoms with van der Waals surface area (Å²) in [6.45, 7) is 1.73. The van der Waals surface area contributed by atoms with Crippen molar-refractivity contribution in [2.75, 3.05) is 23.8 Å². The summed E-state index contributed by atoms with van der Waals surface area (Å²) in [5, 5.41) is 10.5. The van der Waals surface area contributed by atoms with E-state index in [4.69, 9.17) is 32.7 Å². The standard InChI is InChI=1S/C30H29Br3Cl2N4O6/c1-2-44-26(40)24(13-18-9-5-3-6-10-18)38-28(42)36-22-16-23(21(35)15-20(22)34)37-29(43)39-25(14-19-11-7-4-8-12-19)27(41)45-17-30(31,32)33/h3-12,15-16,24-25H,2,13-14,17H2,1H3,(H2,36,38,42)(H2,37,39,43)/t24-,25-/m0/s1. The summed E-state index contributed by atoms with van der Waals surface area (Å²) >= 11 is 22.5. The number of hydrogen-bond acceptors (Lipinski definition) is 6. The highest BCUT2D eigenvalue weighted by atomic mass is 80.0. The summed E-state index contributed by atoms with van der Waals surface area (Å²) in [5.74, 6) is -1.28. The second-order valence-corrected chi connectivity index (χ2v) is 17.5. The van der Waals surface area contributed by atoms with Crippen LogP contribution >= 0.6 is 71.0 Å². The molecule has 240 valence electrons. The highest BCUT2D eigenvalue weighted by Crippen LogP contribution is 2.34. The van der Waals surface area contributed by atoms with Crippen molar-refractivity contribution in [1.29, 1.82) is 0 Å². The molecule has 0 saturated heterocycles. The molecule has 0 aromatic heterocycles. The summed E-state index contributed by atoms with van der Waals surface area (Å²) in [5.41, 5.74) is 1.79. The first-order chi connectivity index (χ1) is 21.3. The first-order valence-corrected chi connectivity index (χ1v) is 16.6. The number of hydrogen-bond donors (Lipinski definition) is 4. The number of carbonyl (C=O) groups excluding carboxylic acids is 4. The topological polar surface area (TPSA) is 135 Å². The molecular weight excluding hydrogens is 823 g/mol. The van der Waals surface area contributed by atoms with E-state index in [1.54, 1.807) is 6.92 Å². The molecule has 3 aromatic carbocycles. The minimum absolute atomic E-state index is 0.0689. The molecule has 0 aliphatic rings. The van der Waals surface area contributed by atoms with Gasteiger partial charge in [-0.25, -0.2) is 19.2 Å². The van der Waals surface area contributed by atoms with Crippen LogP contribution in [-0.4, -0.2) is 51.4 Å². The first kappa shape index (κ1) is 36.6. The molecule has 0 radical (unpaired) electrons. The van der Waals surface area contributed by atoms with Gasteiger partial charge in [0.1, 0.15) is 18.7 Å². The Hall–Kier alpha value is -2.84. The van der Waals surface area contributed by atoms with Gasteiger partial charge in [-0.1, -0.05) is 132 Å². The second-order valence-electron chi connectivity index (χ2n) is 9.47. The zero-order valence-corrected chi connectivity index (χ0v) is 30.0. The van der Waals surface area contributed by atoms with Crippen molar-refractivity contribution >= 4 is 106 Å². The van der Waals surface area contributed by atoms with Crippen molar-refractivity contribution in [3.63, 3.8) is 0 Å². The van der Waals surface area contributed by atoms with Gasteiger partial charge in [-0.3, -0.25) is 0 Å². The van der Waals surface area contributed by atoms with Crippen LogP contribution in [0.3, 0.4) is 0 Å². The maximum Gasteiger partial charge on any atom is 0.329 e. The molecule has 0 bridgehead atoms. The average molecular weight is 852 g/mol. The lowest BCUT2D eigenvalue weighted by atomic mass is 10.1. The fourth-order valence-corrected chi connectivity index (χ4v) is 4.78. The fourth-order valence-electron chi connectivity index (χ4n) is 3.96. The van der Waals surface area contributed by atoms with Crippen LogP contribution in [0, 0.1) is 0 Å². The van der Waals surface area contributed by atoms with Gasteiger partial charge in [0, 0.05) is 12.8 Å². The SMILES string of the molecule is CCOC(=O)[C@H](Cc1ccccc1)NC(=O)Nc1cc(NC(=O)N[C@@H](Cc2ccccc2)C(=O)OCC(Br)(Br)Br)c(Cl)cc1Cl. The Balaban J connectivity index is 1.72. The van der Waals surface area contributed by atoms with E-state index < -0.39 is 38.2 Å². The van der Waals surface area contributed by atoms with Gasteiger partial charge in [0.05, 0.1) is 28.0 Å². The Bertz CT molecular complexity index is 1480. The quantitative estimate of drug-likeness (QED) is 0.111. The van der Waals surface area contributed by atoms with Crippen LogP contribution in [-0.2, 0) is 31.9 Å². The van der Waals surface area contributed by atoms with E-state index in [0.29, 0.717) is 0 Å². The molecule has 0 aliphatic heterocycles. The van der Waals surface area contributed by atoms with E-state index in [0.717, 1.165) is 11.1 Å². The van der Waals surface area contributed by atoms with E-state index in [1.807, 2.05) is 60.7 Å². The summed E-state index contributed by atoms with van der Waals surface area (Å²) in [4.78, 5) is 51.4. The van der Waals surface area contributed by atoms with Gasteiger partial charge in [0.15, 0.2) is 2.14 Å².